The van der Waals surface area contributed by atoms with Gasteiger partial charge in [0.1, 0.15) is 6.04 Å². The van der Waals surface area contributed by atoms with Crippen molar-refractivity contribution in [2.45, 2.75) is 38.8 Å². The first kappa shape index (κ1) is 22.9. The first-order chi connectivity index (χ1) is 17.3. The third-order valence-electron chi connectivity index (χ3n) is 8.55. The summed E-state index contributed by atoms with van der Waals surface area (Å²) in [6.07, 6.45) is 4.41. The second-order valence-corrected chi connectivity index (χ2v) is 10.7. The molecule has 3 fully saturated rings. The number of aryl methyl sites for hydroxylation is 1. The number of likely N-dealkylation sites (tertiary alicyclic amines) is 1. The van der Waals surface area contributed by atoms with E-state index in [9.17, 15) is 19.2 Å². The van der Waals surface area contributed by atoms with E-state index in [4.69, 9.17) is 4.74 Å². The van der Waals surface area contributed by atoms with Gasteiger partial charge in [-0.15, -0.1) is 0 Å². The lowest BCUT2D eigenvalue weighted by Gasteiger charge is -2.37. The minimum absolute atomic E-state index is 0.0712. The number of amides is 2. The van der Waals surface area contributed by atoms with Crippen LogP contribution in [0.2, 0.25) is 0 Å². The van der Waals surface area contributed by atoms with Crippen LogP contribution in [-0.4, -0.2) is 40.6 Å². The number of Topliss-reactive ketones (excluding diaryl/α,β-unsaturated/α-hetero) is 1. The van der Waals surface area contributed by atoms with Crippen molar-refractivity contribution < 1.29 is 23.9 Å². The van der Waals surface area contributed by atoms with E-state index >= 15 is 0 Å². The third-order valence-corrected chi connectivity index (χ3v) is 8.55. The van der Waals surface area contributed by atoms with Crippen LogP contribution >= 0.6 is 0 Å². The molecule has 2 amide bonds. The molecule has 1 aliphatic heterocycles. The molecule has 0 unspecified atom stereocenters. The zero-order valence-corrected chi connectivity index (χ0v) is 20.4. The van der Waals surface area contributed by atoms with E-state index in [1.165, 1.54) is 11.8 Å². The van der Waals surface area contributed by atoms with Gasteiger partial charge in [-0.05, 0) is 49.5 Å². The molecule has 4 aliphatic carbocycles. The van der Waals surface area contributed by atoms with Crippen LogP contribution in [0.1, 0.15) is 34.8 Å². The Morgan fingerprint density at radius 1 is 0.917 bits per heavy atom. The van der Waals surface area contributed by atoms with Crippen molar-refractivity contribution in [2.75, 3.05) is 0 Å². The maximum Gasteiger partial charge on any atom is 0.330 e. The topological polar surface area (TPSA) is 80.8 Å². The molecule has 6 nitrogen and oxygen atoms in total. The second kappa shape index (κ2) is 8.54. The van der Waals surface area contributed by atoms with Crippen LogP contribution in [-0.2, 0) is 25.5 Å². The van der Waals surface area contributed by atoms with Crippen LogP contribution in [0.25, 0.3) is 0 Å². The Morgan fingerprint density at radius 3 is 2.08 bits per heavy atom. The first-order valence-electron chi connectivity index (χ1n) is 12.8. The van der Waals surface area contributed by atoms with E-state index in [0.717, 1.165) is 17.5 Å². The summed E-state index contributed by atoms with van der Waals surface area (Å²) in [7, 11) is 0. The minimum Gasteiger partial charge on any atom is -0.453 e. The molecule has 184 valence electrons. The van der Waals surface area contributed by atoms with E-state index < -0.39 is 30.0 Å². The highest BCUT2D eigenvalue weighted by atomic mass is 16.5. The molecule has 2 bridgehead atoms. The Kier molecular flexibility index (Phi) is 5.43. The van der Waals surface area contributed by atoms with Crippen molar-refractivity contribution in [1.29, 1.82) is 0 Å². The lowest BCUT2D eigenvalue weighted by Crippen LogP contribution is -2.49. The predicted octanol–water partition coefficient (Wildman–Crippen LogP) is 3.77. The Hall–Kier alpha value is -3.54. The lowest BCUT2D eigenvalue weighted by atomic mass is 9.63. The van der Waals surface area contributed by atoms with Gasteiger partial charge in [0.15, 0.2) is 6.10 Å². The van der Waals surface area contributed by atoms with Gasteiger partial charge >= 0.3 is 5.97 Å². The second-order valence-electron chi connectivity index (χ2n) is 10.7. The standard InChI is InChI=1S/C30H29NO5/c1-16-8-10-19(11-9-16)27(32)17(2)36-30(35)24(14-18-6-4-3-5-7-18)31-28(33)25-20-12-13-21(23-15-22(20)23)26(25)29(31)34/h3-13,17,20-26H,14-15H2,1-2H3/t17-,20-,21-,22-,23-,24-,25+,26+/m0/s1. The summed E-state index contributed by atoms with van der Waals surface area (Å²) in [4.78, 5) is 55.1. The smallest absolute Gasteiger partial charge is 0.330 e. The van der Waals surface area contributed by atoms with E-state index in [2.05, 4.69) is 12.2 Å². The number of nitrogens with zero attached hydrogens (tertiary/aromatic N) is 1. The Bertz CT molecular complexity index is 1230. The zero-order chi connectivity index (χ0) is 25.1. The molecule has 2 aromatic rings. The highest BCUT2D eigenvalue weighted by Crippen LogP contribution is 2.65. The molecular weight excluding hydrogens is 454 g/mol. The van der Waals surface area contributed by atoms with Crippen LogP contribution in [0.5, 0.6) is 0 Å². The molecular formula is C30H29NO5. The number of rotatable bonds is 7. The van der Waals surface area contributed by atoms with Gasteiger partial charge in [0.25, 0.3) is 0 Å². The summed E-state index contributed by atoms with van der Waals surface area (Å²) >= 11 is 0. The maximum absolute atomic E-state index is 13.7. The fourth-order valence-electron chi connectivity index (χ4n) is 6.66. The molecule has 0 aromatic heterocycles. The van der Waals surface area contributed by atoms with Crippen molar-refractivity contribution in [3.05, 3.63) is 83.4 Å². The largest absolute Gasteiger partial charge is 0.453 e. The van der Waals surface area contributed by atoms with E-state index in [-0.39, 0.29) is 35.9 Å². The minimum atomic E-state index is -1.11. The highest BCUT2D eigenvalue weighted by Gasteiger charge is 2.68. The number of imide groups is 1. The number of ether oxygens (including phenoxy) is 1. The van der Waals surface area contributed by atoms with Crippen molar-refractivity contribution in [3.63, 3.8) is 0 Å². The number of allylic oxidation sites excluding steroid dienone is 2. The van der Waals surface area contributed by atoms with Crippen LogP contribution in [0.15, 0.2) is 66.7 Å². The molecule has 0 radical (unpaired) electrons. The van der Waals surface area contributed by atoms with E-state index in [1.54, 1.807) is 12.1 Å². The normalized spacial score (nSPS) is 31.0. The van der Waals surface area contributed by atoms with Gasteiger partial charge in [-0.1, -0.05) is 72.3 Å². The van der Waals surface area contributed by atoms with E-state index in [1.807, 2.05) is 49.4 Å². The number of benzene rings is 2. The number of carbonyl (C=O) groups is 4. The molecule has 7 rings (SSSR count). The Morgan fingerprint density at radius 2 is 1.50 bits per heavy atom. The van der Waals surface area contributed by atoms with Gasteiger partial charge in [-0.25, -0.2) is 4.79 Å². The molecule has 1 saturated heterocycles. The zero-order valence-electron chi connectivity index (χ0n) is 20.4. The molecule has 8 atom stereocenters. The van der Waals surface area contributed by atoms with Crippen LogP contribution in [0.3, 0.4) is 0 Å². The Balaban J connectivity index is 1.27. The van der Waals surface area contributed by atoms with Crippen LogP contribution in [0, 0.1) is 42.4 Å². The summed E-state index contributed by atoms with van der Waals surface area (Å²) in [6, 6.07) is 15.3. The highest BCUT2D eigenvalue weighted by molar-refractivity contribution is 6.09. The van der Waals surface area contributed by atoms with E-state index in [0.29, 0.717) is 17.4 Å². The average Bonchev–Trinajstić information content (AvgIpc) is 3.67. The maximum atomic E-state index is 13.7. The van der Waals surface area contributed by atoms with Crippen molar-refractivity contribution in [2.24, 2.45) is 35.5 Å². The molecule has 6 heteroatoms. The molecule has 2 aromatic carbocycles. The summed E-state index contributed by atoms with van der Waals surface area (Å²) in [5.41, 5.74) is 2.28. The van der Waals surface area contributed by atoms with Crippen molar-refractivity contribution in [3.8, 4) is 0 Å². The summed E-state index contributed by atoms with van der Waals surface area (Å²) in [5, 5.41) is 0. The first-order valence-corrected chi connectivity index (χ1v) is 12.8. The molecule has 1 heterocycles. The summed E-state index contributed by atoms with van der Waals surface area (Å²) in [5.74, 6) is -1.29. The molecule has 0 spiro atoms. The van der Waals surface area contributed by atoms with Crippen molar-refractivity contribution >= 4 is 23.6 Å². The Labute approximate surface area is 210 Å². The van der Waals surface area contributed by atoms with Gasteiger partial charge in [0.2, 0.25) is 17.6 Å². The summed E-state index contributed by atoms with van der Waals surface area (Å²) < 4.78 is 5.64. The molecule has 36 heavy (non-hydrogen) atoms. The monoisotopic (exact) mass is 483 g/mol. The molecule has 2 saturated carbocycles. The van der Waals surface area contributed by atoms with Crippen molar-refractivity contribution in [1.82, 2.24) is 4.90 Å². The summed E-state index contributed by atoms with van der Waals surface area (Å²) in [6.45, 7) is 3.46. The quantitative estimate of drug-likeness (QED) is 0.259. The number of esters is 1. The molecule has 0 N–H and O–H groups in total. The third kappa shape index (κ3) is 3.62. The number of carbonyl (C=O) groups excluding carboxylic acids is 4. The van der Waals surface area contributed by atoms with Gasteiger partial charge < -0.3 is 4.74 Å². The molecule has 5 aliphatic rings. The van der Waals surface area contributed by atoms with Crippen LogP contribution in [0.4, 0.5) is 0 Å². The van der Waals surface area contributed by atoms with Gasteiger partial charge in [0, 0.05) is 12.0 Å². The fourth-order valence-corrected chi connectivity index (χ4v) is 6.66. The number of ketones is 1. The number of hydrogen-bond acceptors (Lipinski definition) is 5. The van der Waals surface area contributed by atoms with Gasteiger partial charge in [0.05, 0.1) is 11.8 Å². The van der Waals surface area contributed by atoms with Gasteiger partial charge in [-0.2, -0.15) is 0 Å². The SMILES string of the molecule is Cc1ccc(C(=O)[C@H](C)OC(=O)[C@H](Cc2ccccc2)N2C(=O)[C@@H]3[C@H]4C=C[C@@H]([C@@H]5C[C@@H]45)[C@H]3C2=O)cc1. The van der Waals surface area contributed by atoms with Gasteiger partial charge in [-0.3, -0.25) is 19.3 Å². The lowest BCUT2D eigenvalue weighted by molar-refractivity contribution is -0.160. The fraction of sp³-hybridized carbons (Fsp3) is 0.400. The van der Waals surface area contributed by atoms with Crippen LogP contribution < -0.4 is 0 Å². The predicted molar refractivity (Wildman–Crippen MR) is 132 cm³/mol. The average molecular weight is 484 g/mol. The number of hydrogen-bond donors (Lipinski definition) is 0.